The molecule has 5 nitrogen and oxygen atoms in total. The Morgan fingerprint density at radius 1 is 1.00 bits per heavy atom. The predicted octanol–water partition coefficient (Wildman–Crippen LogP) is 5.76. The molecule has 0 N–H and O–H groups in total. The number of rotatable bonds is 4. The number of pyridine rings is 1. The third-order valence-corrected chi connectivity index (χ3v) is 6.76. The van der Waals surface area contributed by atoms with Crippen molar-refractivity contribution in [2.45, 2.75) is 45.1 Å². The van der Waals surface area contributed by atoms with Crippen molar-refractivity contribution in [1.29, 1.82) is 0 Å². The zero-order valence-electron chi connectivity index (χ0n) is 19.7. The minimum Gasteiger partial charge on any atom is -0.463 e. The standard InChI is InChI=1S/C29H28BrNO4/c1-20-17-26(32)31-24(18-21-9-5-4-6-10-21)19-35-27(33)12-8-3-2-7-11-25(31)28(20)29(34)22-13-15-23(30)16-14-22/h2-6,9-10,13-17,24H,7-8,11-12,18-19H2,1H3/b3-2-. The van der Waals surface area contributed by atoms with Gasteiger partial charge in [0.15, 0.2) is 5.78 Å². The topological polar surface area (TPSA) is 65.4 Å². The number of aryl methyl sites for hydroxylation is 1. The van der Waals surface area contributed by atoms with Gasteiger partial charge in [-0.05, 0) is 68.0 Å². The van der Waals surface area contributed by atoms with Gasteiger partial charge in [0.1, 0.15) is 6.61 Å². The second-order valence-electron chi connectivity index (χ2n) is 8.77. The average Bonchev–Trinajstić information content (AvgIpc) is 2.84. The Kier molecular flexibility index (Phi) is 8.13. The molecule has 180 valence electrons. The lowest BCUT2D eigenvalue weighted by Crippen LogP contribution is -2.34. The van der Waals surface area contributed by atoms with Gasteiger partial charge in [0.2, 0.25) is 0 Å². The van der Waals surface area contributed by atoms with Crippen LogP contribution < -0.4 is 5.56 Å². The molecule has 0 fully saturated rings. The van der Waals surface area contributed by atoms with Gasteiger partial charge in [-0.15, -0.1) is 0 Å². The van der Waals surface area contributed by atoms with Gasteiger partial charge in [-0.3, -0.25) is 14.4 Å². The maximum Gasteiger partial charge on any atom is 0.306 e. The molecule has 35 heavy (non-hydrogen) atoms. The molecule has 1 aliphatic heterocycles. The van der Waals surface area contributed by atoms with Crippen LogP contribution in [-0.2, 0) is 22.4 Å². The Morgan fingerprint density at radius 3 is 2.40 bits per heavy atom. The molecule has 1 aliphatic rings. The van der Waals surface area contributed by atoms with E-state index in [0.717, 1.165) is 10.0 Å². The number of fused-ring (bicyclic) bond motifs is 1. The SMILES string of the molecule is Cc1cc(=O)n2c(c1C(=O)c1ccc(Br)cc1)CC/C=C\CCC(=O)OCC2Cc1ccccc1. The molecule has 0 spiro atoms. The van der Waals surface area contributed by atoms with E-state index in [1.54, 1.807) is 16.7 Å². The summed E-state index contributed by atoms with van der Waals surface area (Å²) in [6, 6.07) is 18.2. The monoisotopic (exact) mass is 533 g/mol. The summed E-state index contributed by atoms with van der Waals surface area (Å²) in [4.78, 5) is 39.5. The van der Waals surface area contributed by atoms with E-state index in [1.165, 1.54) is 6.07 Å². The number of hydrogen-bond donors (Lipinski definition) is 0. The number of allylic oxidation sites excluding steroid dienone is 2. The van der Waals surface area contributed by atoms with Crippen LogP contribution in [-0.4, -0.2) is 22.9 Å². The van der Waals surface area contributed by atoms with E-state index in [0.29, 0.717) is 54.5 Å². The van der Waals surface area contributed by atoms with Crippen molar-refractivity contribution < 1.29 is 14.3 Å². The number of benzene rings is 2. The molecule has 0 aliphatic carbocycles. The Hall–Kier alpha value is -3.25. The number of ether oxygens (including phenoxy) is 1. The highest BCUT2D eigenvalue weighted by Crippen LogP contribution is 2.25. The molecule has 2 aromatic carbocycles. The molecule has 3 aromatic rings. The van der Waals surface area contributed by atoms with Crippen LogP contribution in [0.4, 0.5) is 0 Å². The Morgan fingerprint density at radius 2 is 1.69 bits per heavy atom. The molecule has 6 heteroatoms. The van der Waals surface area contributed by atoms with Gasteiger partial charge < -0.3 is 9.30 Å². The van der Waals surface area contributed by atoms with Gasteiger partial charge in [-0.1, -0.05) is 58.4 Å². The quantitative estimate of drug-likeness (QED) is 0.243. The van der Waals surface area contributed by atoms with E-state index < -0.39 is 6.04 Å². The lowest BCUT2D eigenvalue weighted by atomic mass is 9.94. The molecular weight excluding hydrogens is 506 g/mol. The summed E-state index contributed by atoms with van der Waals surface area (Å²) in [5.74, 6) is -0.411. The van der Waals surface area contributed by atoms with Crippen LogP contribution in [0.1, 0.15) is 58.0 Å². The molecule has 1 atom stereocenters. The number of cyclic esters (lactones) is 1. The molecule has 0 saturated carbocycles. The molecular formula is C29H28BrNO4. The fraction of sp³-hybridized carbons (Fsp3) is 0.276. The first-order valence-electron chi connectivity index (χ1n) is 11.8. The molecule has 0 saturated heterocycles. The maximum absolute atomic E-state index is 13.7. The second kappa shape index (κ2) is 11.5. The lowest BCUT2D eigenvalue weighted by Gasteiger charge is -2.26. The van der Waals surface area contributed by atoms with Crippen LogP contribution in [0.2, 0.25) is 0 Å². The summed E-state index contributed by atoms with van der Waals surface area (Å²) < 4.78 is 8.20. The smallest absolute Gasteiger partial charge is 0.306 e. The van der Waals surface area contributed by atoms with Crippen molar-refractivity contribution in [3.05, 3.63) is 116 Å². The highest BCUT2D eigenvalue weighted by molar-refractivity contribution is 9.10. The first-order chi connectivity index (χ1) is 16.9. The van der Waals surface area contributed by atoms with Gasteiger partial charge >= 0.3 is 5.97 Å². The van der Waals surface area contributed by atoms with E-state index in [2.05, 4.69) is 15.9 Å². The van der Waals surface area contributed by atoms with Crippen molar-refractivity contribution in [2.24, 2.45) is 0 Å². The number of aromatic nitrogens is 1. The summed E-state index contributed by atoms with van der Waals surface area (Å²) in [7, 11) is 0. The Bertz CT molecular complexity index is 1290. The minimum absolute atomic E-state index is 0.0688. The molecule has 1 unspecified atom stereocenters. The van der Waals surface area contributed by atoms with Crippen LogP contribution in [0.25, 0.3) is 0 Å². The van der Waals surface area contributed by atoms with Crippen molar-refractivity contribution in [3.8, 4) is 0 Å². The van der Waals surface area contributed by atoms with Crippen molar-refractivity contribution in [3.63, 3.8) is 0 Å². The number of carbonyl (C=O) groups excluding carboxylic acids is 2. The molecule has 0 radical (unpaired) electrons. The van der Waals surface area contributed by atoms with Crippen LogP contribution in [0.3, 0.4) is 0 Å². The second-order valence-corrected chi connectivity index (χ2v) is 9.68. The first kappa shape index (κ1) is 24.9. The van der Waals surface area contributed by atoms with Gasteiger partial charge in [0.25, 0.3) is 5.56 Å². The van der Waals surface area contributed by atoms with E-state index >= 15 is 0 Å². The number of ketones is 1. The van der Waals surface area contributed by atoms with Crippen molar-refractivity contribution in [1.82, 2.24) is 4.57 Å². The third-order valence-electron chi connectivity index (χ3n) is 6.23. The van der Waals surface area contributed by atoms with Crippen LogP contribution in [0, 0.1) is 6.92 Å². The normalized spacial score (nSPS) is 17.4. The Balaban J connectivity index is 1.88. The largest absolute Gasteiger partial charge is 0.463 e. The number of hydrogen-bond acceptors (Lipinski definition) is 4. The van der Waals surface area contributed by atoms with E-state index in [1.807, 2.05) is 61.5 Å². The number of nitrogens with zero attached hydrogens (tertiary/aromatic N) is 1. The van der Waals surface area contributed by atoms with Gasteiger partial charge in [0.05, 0.1) is 6.04 Å². The van der Waals surface area contributed by atoms with Crippen LogP contribution in [0.5, 0.6) is 0 Å². The van der Waals surface area contributed by atoms with E-state index in [4.69, 9.17) is 4.74 Å². The molecule has 2 heterocycles. The van der Waals surface area contributed by atoms with E-state index in [9.17, 15) is 14.4 Å². The van der Waals surface area contributed by atoms with Crippen LogP contribution in [0.15, 0.2) is 82.1 Å². The highest BCUT2D eigenvalue weighted by Gasteiger charge is 2.26. The summed E-state index contributed by atoms with van der Waals surface area (Å²) >= 11 is 3.42. The minimum atomic E-state index is -0.427. The summed E-state index contributed by atoms with van der Waals surface area (Å²) in [6.07, 6.45) is 6.57. The number of esters is 1. The summed E-state index contributed by atoms with van der Waals surface area (Å²) in [5.41, 5.74) is 3.28. The average molecular weight is 534 g/mol. The van der Waals surface area contributed by atoms with Crippen molar-refractivity contribution >= 4 is 27.7 Å². The van der Waals surface area contributed by atoms with E-state index in [-0.39, 0.29) is 23.9 Å². The number of carbonyl (C=O) groups is 2. The fourth-order valence-electron chi connectivity index (χ4n) is 4.54. The van der Waals surface area contributed by atoms with Crippen molar-refractivity contribution in [2.75, 3.05) is 6.61 Å². The summed E-state index contributed by atoms with van der Waals surface area (Å²) in [6.45, 7) is 1.88. The molecule has 0 amide bonds. The maximum atomic E-state index is 13.7. The predicted molar refractivity (Wildman–Crippen MR) is 140 cm³/mol. The van der Waals surface area contributed by atoms with Gasteiger partial charge in [-0.25, -0.2) is 0 Å². The third kappa shape index (κ3) is 6.06. The first-order valence-corrected chi connectivity index (χ1v) is 12.6. The van der Waals surface area contributed by atoms with Gasteiger partial charge in [0, 0.05) is 33.8 Å². The zero-order chi connectivity index (χ0) is 24.8. The lowest BCUT2D eigenvalue weighted by molar-refractivity contribution is -0.144. The van der Waals surface area contributed by atoms with Crippen LogP contribution >= 0.6 is 15.9 Å². The summed E-state index contributed by atoms with van der Waals surface area (Å²) in [5, 5.41) is 0. The number of halogens is 1. The zero-order valence-corrected chi connectivity index (χ0v) is 21.3. The Labute approximate surface area is 213 Å². The molecule has 4 rings (SSSR count). The fourth-order valence-corrected chi connectivity index (χ4v) is 4.80. The molecule has 1 aromatic heterocycles. The highest BCUT2D eigenvalue weighted by atomic mass is 79.9. The van der Waals surface area contributed by atoms with Gasteiger partial charge in [-0.2, -0.15) is 0 Å². The molecule has 0 bridgehead atoms.